The van der Waals surface area contributed by atoms with E-state index in [1.807, 2.05) is 6.07 Å². The quantitative estimate of drug-likeness (QED) is 0.871. The lowest BCUT2D eigenvalue weighted by molar-refractivity contribution is -0.133. The van der Waals surface area contributed by atoms with Crippen LogP contribution in [-0.4, -0.2) is 21.8 Å². The van der Waals surface area contributed by atoms with E-state index in [4.69, 9.17) is 9.52 Å². The zero-order valence-electron chi connectivity index (χ0n) is 11.8. The lowest BCUT2D eigenvalue weighted by Crippen LogP contribution is -2.11. The van der Waals surface area contributed by atoms with Crippen molar-refractivity contribution in [3.63, 3.8) is 0 Å². The number of thioether (sulfide) groups is 1. The molecule has 0 aromatic carbocycles. The molecular weight excluding hydrogens is 300 g/mol. The van der Waals surface area contributed by atoms with E-state index in [1.54, 1.807) is 12.3 Å². The standard InChI is InChI=1S/C16H14N2O3S/c17-8-11-15(13-6-3-7-21-13)10-4-1-2-5-12(10)18-16(11)22-9-14(19)20/h3,6-7H,1-2,4-5,9H2,(H,19,20). The third kappa shape index (κ3) is 2.72. The molecule has 2 aromatic heterocycles. The molecular formula is C16H14N2O3S. The van der Waals surface area contributed by atoms with Gasteiger partial charge in [-0.25, -0.2) is 4.98 Å². The topological polar surface area (TPSA) is 87.1 Å². The number of aryl methyl sites for hydroxylation is 1. The molecule has 1 aliphatic rings. The number of carboxylic acid groups (broad SMARTS) is 1. The maximum absolute atomic E-state index is 10.8. The lowest BCUT2D eigenvalue weighted by Gasteiger charge is -2.20. The number of nitriles is 1. The predicted molar refractivity (Wildman–Crippen MR) is 81.7 cm³/mol. The Bertz CT molecular complexity index is 748. The maximum Gasteiger partial charge on any atom is 0.313 e. The Kier molecular flexibility index (Phi) is 4.16. The van der Waals surface area contributed by atoms with Crippen molar-refractivity contribution in [2.45, 2.75) is 30.7 Å². The van der Waals surface area contributed by atoms with Gasteiger partial charge < -0.3 is 9.52 Å². The molecule has 2 aromatic rings. The molecule has 22 heavy (non-hydrogen) atoms. The van der Waals surface area contributed by atoms with E-state index in [9.17, 15) is 10.1 Å². The highest BCUT2D eigenvalue weighted by Gasteiger charge is 2.24. The van der Waals surface area contributed by atoms with Gasteiger partial charge in [0.15, 0.2) is 0 Å². The van der Waals surface area contributed by atoms with Crippen LogP contribution >= 0.6 is 11.8 Å². The highest BCUT2D eigenvalue weighted by atomic mass is 32.2. The number of fused-ring (bicyclic) bond motifs is 1. The Balaban J connectivity index is 2.18. The fourth-order valence-corrected chi connectivity index (χ4v) is 3.48. The highest BCUT2D eigenvalue weighted by molar-refractivity contribution is 7.99. The van der Waals surface area contributed by atoms with E-state index in [0.29, 0.717) is 16.3 Å². The molecule has 0 saturated heterocycles. The van der Waals surface area contributed by atoms with E-state index in [1.165, 1.54) is 0 Å². The zero-order valence-corrected chi connectivity index (χ0v) is 12.7. The number of carboxylic acids is 1. The summed E-state index contributed by atoms with van der Waals surface area (Å²) in [5.74, 6) is -0.389. The Morgan fingerprint density at radius 3 is 2.95 bits per heavy atom. The fraction of sp³-hybridized carbons (Fsp3) is 0.312. The molecule has 0 unspecified atom stereocenters. The van der Waals surface area contributed by atoms with Crippen molar-refractivity contribution < 1.29 is 14.3 Å². The number of hydrogen-bond acceptors (Lipinski definition) is 5. The van der Waals surface area contributed by atoms with Crippen molar-refractivity contribution in [1.29, 1.82) is 5.26 Å². The van der Waals surface area contributed by atoms with Crippen molar-refractivity contribution in [1.82, 2.24) is 4.98 Å². The molecule has 0 radical (unpaired) electrons. The average molecular weight is 314 g/mol. The molecule has 6 heteroatoms. The van der Waals surface area contributed by atoms with Crippen LogP contribution in [0.3, 0.4) is 0 Å². The minimum atomic E-state index is -0.923. The van der Waals surface area contributed by atoms with Crippen LogP contribution in [0.15, 0.2) is 27.8 Å². The van der Waals surface area contributed by atoms with Crippen LogP contribution in [0, 0.1) is 11.3 Å². The summed E-state index contributed by atoms with van der Waals surface area (Å²) in [5.41, 5.74) is 3.23. The van der Waals surface area contributed by atoms with Gasteiger partial charge in [0.1, 0.15) is 16.9 Å². The zero-order chi connectivity index (χ0) is 15.5. The monoisotopic (exact) mass is 314 g/mol. The molecule has 0 aliphatic heterocycles. The average Bonchev–Trinajstić information content (AvgIpc) is 3.05. The summed E-state index contributed by atoms with van der Waals surface area (Å²) in [6.45, 7) is 0. The molecule has 1 aliphatic carbocycles. The van der Waals surface area contributed by atoms with Gasteiger partial charge in [-0.1, -0.05) is 11.8 Å². The van der Waals surface area contributed by atoms with Crippen LogP contribution in [0.25, 0.3) is 11.3 Å². The summed E-state index contributed by atoms with van der Waals surface area (Å²) in [5, 5.41) is 18.9. The van der Waals surface area contributed by atoms with Gasteiger partial charge in [-0.05, 0) is 43.4 Å². The van der Waals surface area contributed by atoms with Crippen molar-refractivity contribution in [3.05, 3.63) is 35.2 Å². The van der Waals surface area contributed by atoms with Gasteiger partial charge >= 0.3 is 5.97 Å². The second kappa shape index (κ2) is 6.24. The first-order valence-corrected chi connectivity index (χ1v) is 8.03. The number of pyridine rings is 1. The second-order valence-electron chi connectivity index (χ2n) is 5.07. The molecule has 0 saturated carbocycles. The van der Waals surface area contributed by atoms with Gasteiger partial charge in [0.2, 0.25) is 0 Å². The van der Waals surface area contributed by atoms with Gasteiger partial charge in [-0.15, -0.1) is 0 Å². The van der Waals surface area contributed by atoms with Gasteiger partial charge in [0.05, 0.1) is 17.6 Å². The van der Waals surface area contributed by atoms with E-state index in [0.717, 1.165) is 54.3 Å². The molecule has 3 rings (SSSR count). The number of hydrogen-bond donors (Lipinski definition) is 1. The number of nitrogens with zero attached hydrogens (tertiary/aromatic N) is 2. The summed E-state index contributed by atoms with van der Waals surface area (Å²) >= 11 is 1.09. The minimum absolute atomic E-state index is 0.113. The van der Waals surface area contributed by atoms with E-state index in [2.05, 4.69) is 11.1 Å². The molecule has 0 fully saturated rings. The summed E-state index contributed by atoms with van der Waals surface area (Å²) in [4.78, 5) is 15.4. The van der Waals surface area contributed by atoms with Crippen LogP contribution in [0.1, 0.15) is 29.7 Å². The van der Waals surface area contributed by atoms with E-state index in [-0.39, 0.29) is 5.75 Å². The third-order valence-corrected chi connectivity index (χ3v) is 4.61. The summed E-state index contributed by atoms with van der Waals surface area (Å²) in [7, 11) is 0. The molecule has 0 spiro atoms. The van der Waals surface area contributed by atoms with Crippen LogP contribution in [-0.2, 0) is 17.6 Å². The van der Waals surface area contributed by atoms with Crippen molar-refractivity contribution in [2.75, 3.05) is 5.75 Å². The number of furan rings is 1. The number of carbonyl (C=O) groups is 1. The summed E-state index contributed by atoms with van der Waals surface area (Å²) < 4.78 is 5.50. The molecule has 2 heterocycles. The normalized spacial score (nSPS) is 13.4. The second-order valence-corrected chi connectivity index (χ2v) is 6.03. The van der Waals surface area contributed by atoms with Crippen molar-refractivity contribution in [3.8, 4) is 17.4 Å². The third-order valence-electron chi connectivity index (χ3n) is 3.65. The summed E-state index contributed by atoms with van der Waals surface area (Å²) in [6.07, 6.45) is 5.43. The van der Waals surface area contributed by atoms with E-state index >= 15 is 0 Å². The highest BCUT2D eigenvalue weighted by Crippen LogP contribution is 2.37. The first kappa shape index (κ1) is 14.7. The van der Waals surface area contributed by atoms with Crippen LogP contribution in [0.4, 0.5) is 0 Å². The maximum atomic E-state index is 10.8. The first-order valence-electron chi connectivity index (χ1n) is 7.05. The molecule has 5 nitrogen and oxygen atoms in total. The van der Waals surface area contributed by atoms with Gasteiger partial charge in [0.25, 0.3) is 0 Å². The number of aliphatic carboxylic acids is 1. The number of aromatic nitrogens is 1. The molecule has 0 bridgehead atoms. The summed E-state index contributed by atoms with van der Waals surface area (Å²) in [6, 6.07) is 5.81. The Labute approximate surface area is 132 Å². The van der Waals surface area contributed by atoms with E-state index < -0.39 is 5.97 Å². The Morgan fingerprint density at radius 1 is 1.45 bits per heavy atom. The first-order chi connectivity index (χ1) is 10.7. The smallest absolute Gasteiger partial charge is 0.313 e. The van der Waals surface area contributed by atoms with Crippen LogP contribution in [0.2, 0.25) is 0 Å². The Morgan fingerprint density at radius 2 is 2.27 bits per heavy atom. The van der Waals surface area contributed by atoms with Crippen molar-refractivity contribution in [2.24, 2.45) is 0 Å². The lowest BCUT2D eigenvalue weighted by atomic mass is 9.89. The van der Waals surface area contributed by atoms with Crippen LogP contribution in [0.5, 0.6) is 0 Å². The predicted octanol–water partition coefficient (Wildman–Crippen LogP) is 3.27. The van der Waals surface area contributed by atoms with Gasteiger partial charge in [0, 0.05) is 11.3 Å². The fourth-order valence-electron chi connectivity index (χ4n) is 2.75. The molecule has 0 amide bonds. The Hall–Kier alpha value is -2.26. The largest absolute Gasteiger partial charge is 0.481 e. The molecule has 0 atom stereocenters. The van der Waals surface area contributed by atoms with Gasteiger partial charge in [-0.2, -0.15) is 5.26 Å². The SMILES string of the molecule is N#Cc1c(SCC(=O)O)nc2c(c1-c1ccco1)CCCC2. The van der Waals surface area contributed by atoms with Gasteiger partial charge in [-0.3, -0.25) is 4.79 Å². The van der Waals surface area contributed by atoms with Crippen LogP contribution < -0.4 is 0 Å². The van der Waals surface area contributed by atoms with Crippen molar-refractivity contribution >= 4 is 17.7 Å². The molecule has 1 N–H and O–H groups in total. The number of rotatable bonds is 4. The minimum Gasteiger partial charge on any atom is -0.481 e. The molecule has 112 valence electrons.